The fourth-order valence-corrected chi connectivity index (χ4v) is 5.10. The van der Waals surface area contributed by atoms with E-state index in [0.717, 1.165) is 0 Å². The minimum atomic E-state index is -4.29. The molecule has 11 heteroatoms. The molecule has 1 aliphatic rings. The Morgan fingerprint density at radius 2 is 1.91 bits per heavy atom. The minimum absolute atomic E-state index is 0.0117. The molecule has 2 N–H and O–H groups in total. The second-order valence-corrected chi connectivity index (χ2v) is 9.05. The van der Waals surface area contributed by atoms with Gasteiger partial charge in [-0.05, 0) is 37.0 Å². The third-order valence-corrected chi connectivity index (χ3v) is 6.95. The first-order chi connectivity index (χ1) is 15.3. The molecule has 0 atom stereocenters. The highest BCUT2D eigenvalue weighted by molar-refractivity contribution is 7.87. The number of carbonyl (C=O) groups excluding carboxylic acids is 1. The highest BCUT2D eigenvalue weighted by atomic mass is 35.5. The normalized spacial score (nSPS) is 15.0. The van der Waals surface area contributed by atoms with Crippen LogP contribution in [0.3, 0.4) is 0 Å². The van der Waals surface area contributed by atoms with Gasteiger partial charge in [-0.25, -0.2) is 4.79 Å². The Balaban J connectivity index is 2.05. The van der Waals surface area contributed by atoms with E-state index in [4.69, 9.17) is 31.1 Å². The molecule has 1 fully saturated rings. The largest absolute Gasteiger partial charge is 0.492 e. The summed E-state index contributed by atoms with van der Waals surface area (Å²) in [6.07, 6.45) is 3.00. The zero-order valence-electron chi connectivity index (χ0n) is 17.7. The van der Waals surface area contributed by atoms with Crippen molar-refractivity contribution in [1.29, 1.82) is 0 Å². The number of hydrogen-bond acceptors (Lipinski definition) is 8. The summed E-state index contributed by atoms with van der Waals surface area (Å²) >= 11 is 6.06. The lowest BCUT2D eigenvalue weighted by Crippen LogP contribution is -2.32. The molecule has 0 bridgehead atoms. The van der Waals surface area contributed by atoms with E-state index < -0.39 is 16.1 Å². The summed E-state index contributed by atoms with van der Waals surface area (Å²) in [7, 11) is -1.63. The number of rotatable bonds is 7. The molecule has 172 valence electrons. The average Bonchev–Trinajstić information content (AvgIpc) is 2.78. The van der Waals surface area contributed by atoms with Gasteiger partial charge in [0.05, 0.1) is 24.8 Å². The molecule has 0 spiro atoms. The van der Waals surface area contributed by atoms with Crippen LogP contribution in [-0.2, 0) is 14.9 Å². The van der Waals surface area contributed by atoms with Crippen molar-refractivity contribution in [2.75, 3.05) is 27.3 Å². The zero-order chi connectivity index (χ0) is 23.3. The second-order valence-electron chi connectivity index (χ2n) is 7.13. The molecule has 1 heterocycles. The van der Waals surface area contributed by atoms with Gasteiger partial charge in [-0.15, -0.1) is 0 Å². The van der Waals surface area contributed by atoms with Gasteiger partial charge in [-0.2, -0.15) is 13.5 Å². The molecule has 0 unspecified atom stereocenters. The molecule has 2 aromatic carbocycles. The number of carbonyl (C=O) groups is 1. The van der Waals surface area contributed by atoms with E-state index in [-0.39, 0.29) is 32.9 Å². The number of piperidine rings is 1. The van der Waals surface area contributed by atoms with Crippen molar-refractivity contribution in [2.45, 2.75) is 23.7 Å². The monoisotopic (exact) mass is 481 g/mol. The van der Waals surface area contributed by atoms with Gasteiger partial charge in [0, 0.05) is 24.7 Å². The molecule has 1 saturated heterocycles. The van der Waals surface area contributed by atoms with Crippen molar-refractivity contribution in [1.82, 2.24) is 4.90 Å². The molecule has 0 aliphatic carbocycles. The molecule has 0 saturated carbocycles. The Morgan fingerprint density at radius 3 is 2.50 bits per heavy atom. The summed E-state index contributed by atoms with van der Waals surface area (Å²) in [6.45, 7) is 1.37. The Kier molecular flexibility index (Phi) is 7.47. The molecule has 3 rings (SSSR count). The van der Waals surface area contributed by atoms with E-state index in [1.807, 2.05) is 4.90 Å². The number of benzene rings is 2. The summed E-state index contributed by atoms with van der Waals surface area (Å²) in [4.78, 5) is 14.1. The Hall–Kier alpha value is -2.98. The first kappa shape index (κ1) is 23.7. The van der Waals surface area contributed by atoms with Crippen LogP contribution in [0.4, 0.5) is 0 Å². The standard InChI is InChI=1S/C21H24ClN3O6S/c1-29-20-16(14-7-9-25(10-8-14)13-24-23)11-15(21(26)30-2)12-18(20)31-32(27,28)19-6-4-3-5-17(19)22/h3-6,11-14H,7-10,23H2,1-2H3. The van der Waals surface area contributed by atoms with Crippen molar-refractivity contribution >= 4 is 34.0 Å². The van der Waals surface area contributed by atoms with Crippen molar-refractivity contribution in [3.63, 3.8) is 0 Å². The summed E-state index contributed by atoms with van der Waals surface area (Å²) in [6, 6.07) is 8.87. The van der Waals surface area contributed by atoms with Gasteiger partial charge in [-0.3, -0.25) is 0 Å². The van der Waals surface area contributed by atoms with Crippen LogP contribution < -0.4 is 14.8 Å². The first-order valence-electron chi connectivity index (χ1n) is 9.77. The van der Waals surface area contributed by atoms with E-state index >= 15 is 0 Å². The van der Waals surface area contributed by atoms with E-state index in [0.29, 0.717) is 31.5 Å². The fourth-order valence-electron chi connectivity index (χ4n) is 3.67. The molecule has 32 heavy (non-hydrogen) atoms. The highest BCUT2D eigenvalue weighted by Gasteiger charge is 2.29. The number of methoxy groups -OCH3 is 2. The molecule has 2 aromatic rings. The molecular formula is C21H24ClN3O6S. The molecule has 1 aliphatic heterocycles. The first-order valence-corrected chi connectivity index (χ1v) is 11.6. The average molecular weight is 482 g/mol. The van der Waals surface area contributed by atoms with Crippen LogP contribution in [0, 0.1) is 0 Å². The van der Waals surface area contributed by atoms with Crippen molar-refractivity contribution in [3.8, 4) is 11.5 Å². The van der Waals surface area contributed by atoms with Gasteiger partial charge in [-0.1, -0.05) is 23.7 Å². The van der Waals surface area contributed by atoms with Crippen LogP contribution in [0.15, 0.2) is 46.4 Å². The van der Waals surface area contributed by atoms with Crippen molar-refractivity contribution in [2.24, 2.45) is 10.9 Å². The van der Waals surface area contributed by atoms with Crippen molar-refractivity contribution in [3.05, 3.63) is 52.5 Å². The fraction of sp³-hybridized carbons (Fsp3) is 0.333. The summed E-state index contributed by atoms with van der Waals surface area (Å²) < 4.78 is 41.7. The number of hydrazone groups is 1. The topological polar surface area (TPSA) is 121 Å². The van der Waals surface area contributed by atoms with Crippen LogP contribution in [0.5, 0.6) is 11.5 Å². The lowest BCUT2D eigenvalue weighted by molar-refractivity contribution is 0.0600. The predicted molar refractivity (Wildman–Crippen MR) is 120 cm³/mol. The molecule has 0 radical (unpaired) electrons. The van der Waals surface area contributed by atoms with Gasteiger partial charge in [0.1, 0.15) is 11.2 Å². The van der Waals surface area contributed by atoms with Gasteiger partial charge in [0.25, 0.3) is 0 Å². The van der Waals surface area contributed by atoms with Crippen LogP contribution in [0.25, 0.3) is 0 Å². The van der Waals surface area contributed by atoms with E-state index in [1.165, 1.54) is 38.5 Å². The van der Waals surface area contributed by atoms with Gasteiger partial charge < -0.3 is 24.4 Å². The smallest absolute Gasteiger partial charge is 0.340 e. The quantitative estimate of drug-likeness (QED) is 0.160. The maximum atomic E-state index is 12.9. The predicted octanol–water partition coefficient (Wildman–Crippen LogP) is 2.98. The summed E-state index contributed by atoms with van der Waals surface area (Å²) in [5.41, 5.74) is 0.808. The van der Waals surface area contributed by atoms with Crippen molar-refractivity contribution < 1.29 is 26.9 Å². The molecular weight excluding hydrogens is 458 g/mol. The SMILES string of the molecule is COC(=O)c1cc(OS(=O)(=O)c2ccccc2Cl)c(OC)c(C2CCN(C=NN)CC2)c1. The number of halogens is 1. The number of hydrogen-bond donors (Lipinski definition) is 1. The number of likely N-dealkylation sites (tertiary alicyclic amines) is 1. The van der Waals surface area contributed by atoms with Gasteiger partial charge in [0.15, 0.2) is 11.5 Å². The van der Waals surface area contributed by atoms with Crippen LogP contribution >= 0.6 is 11.6 Å². The van der Waals surface area contributed by atoms with E-state index in [1.54, 1.807) is 18.5 Å². The summed E-state index contributed by atoms with van der Waals surface area (Å²) in [5, 5.41) is 3.57. The molecule has 9 nitrogen and oxygen atoms in total. The number of esters is 1. The lowest BCUT2D eigenvalue weighted by Gasteiger charge is -2.31. The molecule has 0 aromatic heterocycles. The van der Waals surface area contributed by atoms with Gasteiger partial charge in [0.2, 0.25) is 0 Å². The Morgan fingerprint density at radius 1 is 1.22 bits per heavy atom. The number of nitrogens with zero attached hydrogens (tertiary/aromatic N) is 2. The highest BCUT2D eigenvalue weighted by Crippen LogP contribution is 2.42. The maximum absolute atomic E-state index is 12.9. The minimum Gasteiger partial charge on any atom is -0.492 e. The Bertz CT molecular complexity index is 1110. The molecule has 0 amide bonds. The zero-order valence-corrected chi connectivity index (χ0v) is 19.2. The summed E-state index contributed by atoms with van der Waals surface area (Å²) in [5.74, 6) is 4.72. The second kappa shape index (κ2) is 10.1. The van der Waals surface area contributed by atoms with E-state index in [9.17, 15) is 13.2 Å². The third kappa shape index (κ3) is 5.08. The number of ether oxygens (including phenoxy) is 2. The van der Waals surface area contributed by atoms with Crippen LogP contribution in [-0.4, -0.2) is 52.9 Å². The maximum Gasteiger partial charge on any atom is 0.340 e. The van der Waals surface area contributed by atoms with Crippen LogP contribution in [0.2, 0.25) is 5.02 Å². The van der Waals surface area contributed by atoms with E-state index in [2.05, 4.69) is 5.10 Å². The van der Waals surface area contributed by atoms with Gasteiger partial charge >= 0.3 is 16.1 Å². The third-order valence-electron chi connectivity index (χ3n) is 5.21. The number of nitrogens with two attached hydrogens (primary N) is 1. The van der Waals surface area contributed by atoms with Crippen LogP contribution in [0.1, 0.15) is 34.7 Å². The Labute approximate surface area is 191 Å². The lowest BCUT2D eigenvalue weighted by atomic mass is 9.87.